The van der Waals surface area contributed by atoms with E-state index < -0.39 is 5.82 Å². The maximum absolute atomic E-state index is 13.9. The smallest absolute Gasteiger partial charge is 0.168 e. The van der Waals surface area contributed by atoms with Crippen molar-refractivity contribution in [1.29, 1.82) is 0 Å². The van der Waals surface area contributed by atoms with Crippen molar-refractivity contribution in [2.24, 2.45) is 5.92 Å². The summed E-state index contributed by atoms with van der Waals surface area (Å²) in [5, 5.41) is 0. The molecule has 0 aliphatic heterocycles. The maximum atomic E-state index is 13.9. The van der Waals surface area contributed by atoms with Crippen LogP contribution in [-0.2, 0) is 11.2 Å². The summed E-state index contributed by atoms with van der Waals surface area (Å²) < 4.78 is 18.8. The fourth-order valence-corrected chi connectivity index (χ4v) is 2.67. The SMILES string of the molecule is COc1cccc(CC(=O)CC2CCCC2)c1F. The van der Waals surface area contributed by atoms with Crippen molar-refractivity contribution in [1.82, 2.24) is 0 Å². The van der Waals surface area contributed by atoms with E-state index in [1.165, 1.54) is 20.0 Å². The van der Waals surface area contributed by atoms with Gasteiger partial charge in [0, 0.05) is 12.8 Å². The summed E-state index contributed by atoms with van der Waals surface area (Å²) in [6.45, 7) is 0. The van der Waals surface area contributed by atoms with Crippen LogP contribution < -0.4 is 4.74 Å². The van der Waals surface area contributed by atoms with Crippen molar-refractivity contribution in [2.75, 3.05) is 7.11 Å². The molecule has 98 valence electrons. The normalized spacial score (nSPS) is 15.9. The number of rotatable bonds is 5. The minimum Gasteiger partial charge on any atom is -0.494 e. The van der Waals surface area contributed by atoms with E-state index in [0.717, 1.165) is 12.8 Å². The third kappa shape index (κ3) is 3.09. The number of carbonyl (C=O) groups is 1. The van der Waals surface area contributed by atoms with E-state index in [0.29, 0.717) is 17.9 Å². The molecule has 0 unspecified atom stereocenters. The Labute approximate surface area is 107 Å². The lowest BCUT2D eigenvalue weighted by Crippen LogP contribution is -2.09. The van der Waals surface area contributed by atoms with E-state index in [9.17, 15) is 9.18 Å². The van der Waals surface area contributed by atoms with Crippen LogP contribution in [0, 0.1) is 11.7 Å². The number of ether oxygens (including phenoxy) is 1. The zero-order chi connectivity index (χ0) is 13.0. The molecule has 1 aromatic carbocycles. The van der Waals surface area contributed by atoms with Gasteiger partial charge in [-0.15, -0.1) is 0 Å². The molecule has 0 atom stereocenters. The molecule has 18 heavy (non-hydrogen) atoms. The molecule has 0 radical (unpaired) electrons. The van der Waals surface area contributed by atoms with E-state index >= 15 is 0 Å². The van der Waals surface area contributed by atoms with Gasteiger partial charge in [-0.1, -0.05) is 37.8 Å². The molecular weight excluding hydrogens is 231 g/mol. The second-order valence-corrected chi connectivity index (χ2v) is 5.00. The van der Waals surface area contributed by atoms with Crippen molar-refractivity contribution >= 4 is 5.78 Å². The van der Waals surface area contributed by atoms with Crippen molar-refractivity contribution in [2.45, 2.75) is 38.5 Å². The average molecular weight is 250 g/mol. The van der Waals surface area contributed by atoms with E-state index in [2.05, 4.69) is 0 Å². The van der Waals surface area contributed by atoms with Gasteiger partial charge in [0.1, 0.15) is 5.78 Å². The lowest BCUT2D eigenvalue weighted by Gasteiger charge is -2.09. The van der Waals surface area contributed by atoms with Gasteiger partial charge in [0.05, 0.1) is 7.11 Å². The molecule has 0 spiro atoms. The quantitative estimate of drug-likeness (QED) is 0.799. The molecule has 0 heterocycles. The monoisotopic (exact) mass is 250 g/mol. The Morgan fingerprint density at radius 2 is 2.11 bits per heavy atom. The van der Waals surface area contributed by atoms with Gasteiger partial charge in [-0.2, -0.15) is 0 Å². The van der Waals surface area contributed by atoms with Crippen LogP contribution in [0.4, 0.5) is 4.39 Å². The van der Waals surface area contributed by atoms with Gasteiger partial charge in [-0.3, -0.25) is 4.79 Å². The first-order valence-corrected chi connectivity index (χ1v) is 6.53. The lowest BCUT2D eigenvalue weighted by molar-refractivity contribution is -0.119. The summed E-state index contributed by atoms with van der Waals surface area (Å²) in [5.41, 5.74) is 0.442. The molecule has 0 aromatic heterocycles. The first-order chi connectivity index (χ1) is 8.70. The molecule has 1 fully saturated rings. The highest BCUT2D eigenvalue weighted by atomic mass is 19.1. The van der Waals surface area contributed by atoms with E-state index in [4.69, 9.17) is 4.74 Å². The zero-order valence-electron chi connectivity index (χ0n) is 10.7. The summed E-state index contributed by atoms with van der Waals surface area (Å²) >= 11 is 0. The Balaban J connectivity index is 1.98. The van der Waals surface area contributed by atoms with Crippen LogP contribution in [0.3, 0.4) is 0 Å². The highest BCUT2D eigenvalue weighted by Crippen LogP contribution is 2.28. The minimum atomic E-state index is -0.403. The van der Waals surface area contributed by atoms with E-state index in [1.807, 2.05) is 0 Å². The fraction of sp³-hybridized carbons (Fsp3) is 0.533. The van der Waals surface area contributed by atoms with Gasteiger partial charge in [0.25, 0.3) is 0 Å². The molecule has 1 aliphatic rings. The molecule has 0 bridgehead atoms. The minimum absolute atomic E-state index is 0.133. The predicted octanol–water partition coefficient (Wildman–Crippen LogP) is 3.53. The Morgan fingerprint density at radius 1 is 1.39 bits per heavy atom. The molecule has 1 saturated carbocycles. The summed E-state index contributed by atoms with van der Waals surface area (Å²) in [5.74, 6) is 0.459. The number of methoxy groups -OCH3 is 1. The topological polar surface area (TPSA) is 26.3 Å². The fourth-order valence-electron chi connectivity index (χ4n) is 2.67. The number of Topliss-reactive ketones (excluding diaryl/α,β-unsaturated/α-hetero) is 1. The molecule has 1 aromatic rings. The highest BCUT2D eigenvalue weighted by molar-refractivity contribution is 5.81. The molecule has 1 aliphatic carbocycles. The number of halogens is 1. The Kier molecular flexibility index (Phi) is 4.34. The first kappa shape index (κ1) is 13.1. The summed E-state index contributed by atoms with van der Waals surface area (Å²) in [6.07, 6.45) is 5.52. The largest absolute Gasteiger partial charge is 0.494 e. The van der Waals surface area contributed by atoms with Gasteiger partial charge >= 0.3 is 0 Å². The van der Waals surface area contributed by atoms with Gasteiger partial charge in [-0.05, 0) is 17.5 Å². The molecule has 2 rings (SSSR count). The number of benzene rings is 1. The van der Waals surface area contributed by atoms with Crippen molar-refractivity contribution in [3.8, 4) is 5.75 Å². The van der Waals surface area contributed by atoms with Gasteiger partial charge in [0.15, 0.2) is 11.6 Å². The Bertz CT molecular complexity index is 423. The van der Waals surface area contributed by atoms with Crippen LogP contribution in [0.25, 0.3) is 0 Å². The van der Waals surface area contributed by atoms with Crippen LogP contribution in [0.1, 0.15) is 37.7 Å². The van der Waals surface area contributed by atoms with E-state index in [-0.39, 0.29) is 18.0 Å². The van der Waals surface area contributed by atoms with Crippen LogP contribution in [-0.4, -0.2) is 12.9 Å². The lowest BCUT2D eigenvalue weighted by atomic mass is 9.97. The van der Waals surface area contributed by atoms with Gasteiger partial charge < -0.3 is 4.74 Å². The van der Waals surface area contributed by atoms with Gasteiger partial charge in [-0.25, -0.2) is 4.39 Å². The molecule has 0 amide bonds. The van der Waals surface area contributed by atoms with Crippen LogP contribution in [0.5, 0.6) is 5.75 Å². The maximum Gasteiger partial charge on any atom is 0.168 e. The summed E-state index contributed by atoms with van der Waals surface area (Å²) in [7, 11) is 1.43. The van der Waals surface area contributed by atoms with Crippen molar-refractivity contribution < 1.29 is 13.9 Å². The predicted molar refractivity (Wildman–Crippen MR) is 68.2 cm³/mol. The third-order valence-corrected chi connectivity index (χ3v) is 3.64. The molecule has 3 heteroatoms. The standard InChI is InChI=1S/C15H19FO2/c1-18-14-8-4-7-12(15(14)16)10-13(17)9-11-5-2-3-6-11/h4,7-8,11H,2-3,5-6,9-10H2,1H3. The number of hydrogen-bond donors (Lipinski definition) is 0. The number of hydrogen-bond acceptors (Lipinski definition) is 2. The summed E-state index contributed by atoms with van der Waals surface area (Å²) in [6, 6.07) is 4.95. The molecular formula is C15H19FO2. The summed E-state index contributed by atoms with van der Waals surface area (Å²) in [4.78, 5) is 11.9. The average Bonchev–Trinajstić information content (AvgIpc) is 2.84. The molecule has 0 N–H and O–H groups in total. The van der Waals surface area contributed by atoms with Crippen LogP contribution in [0.2, 0.25) is 0 Å². The first-order valence-electron chi connectivity index (χ1n) is 6.53. The Morgan fingerprint density at radius 3 is 2.78 bits per heavy atom. The number of ketones is 1. The highest BCUT2D eigenvalue weighted by Gasteiger charge is 2.19. The van der Waals surface area contributed by atoms with Crippen molar-refractivity contribution in [3.05, 3.63) is 29.6 Å². The Hall–Kier alpha value is -1.38. The van der Waals surface area contributed by atoms with E-state index in [1.54, 1.807) is 18.2 Å². The number of carbonyl (C=O) groups excluding carboxylic acids is 1. The van der Waals surface area contributed by atoms with Crippen LogP contribution in [0.15, 0.2) is 18.2 Å². The molecule has 0 saturated heterocycles. The third-order valence-electron chi connectivity index (χ3n) is 3.64. The van der Waals surface area contributed by atoms with Gasteiger partial charge in [0.2, 0.25) is 0 Å². The second-order valence-electron chi connectivity index (χ2n) is 5.00. The van der Waals surface area contributed by atoms with Crippen molar-refractivity contribution in [3.63, 3.8) is 0 Å². The second kappa shape index (κ2) is 5.98. The molecule has 2 nitrogen and oxygen atoms in total. The zero-order valence-corrected chi connectivity index (χ0v) is 10.7. The van der Waals surface area contributed by atoms with Crippen LogP contribution >= 0.6 is 0 Å².